The van der Waals surface area contributed by atoms with Crippen LogP contribution in [0.1, 0.15) is 39.7 Å². The van der Waals surface area contributed by atoms with Gasteiger partial charge in [0.05, 0.1) is 24.8 Å². The predicted octanol–water partition coefficient (Wildman–Crippen LogP) is 0.578. The highest BCUT2D eigenvalue weighted by atomic mass is 16.2. The standard InChI is InChI=1S/C17H30N6O2/c1-4-22-9-6-13(7-10-22)23-14(5-8-20-23)21-15(24)11-19-17(25)16(18)12(2)3/h5,8,12-13,16H,4,6-7,9-11,18H2,1-3H3,(H,19,25)(H,21,24)/t16-/m0/s1. The molecule has 1 aromatic rings. The van der Waals surface area contributed by atoms with Gasteiger partial charge in [0.25, 0.3) is 0 Å². The number of amides is 2. The lowest BCUT2D eigenvalue weighted by atomic mass is 10.1. The number of hydrogen-bond donors (Lipinski definition) is 3. The summed E-state index contributed by atoms with van der Waals surface area (Å²) in [5.74, 6) is 0.100. The van der Waals surface area contributed by atoms with Gasteiger partial charge in [-0.25, -0.2) is 4.68 Å². The monoisotopic (exact) mass is 350 g/mol. The van der Waals surface area contributed by atoms with Crippen molar-refractivity contribution in [3.05, 3.63) is 12.3 Å². The fraction of sp³-hybridized carbons (Fsp3) is 0.706. The number of hydrogen-bond acceptors (Lipinski definition) is 5. The second-order valence-electron chi connectivity index (χ2n) is 6.86. The molecule has 0 aliphatic carbocycles. The lowest BCUT2D eigenvalue weighted by molar-refractivity contribution is -0.125. The van der Waals surface area contributed by atoms with E-state index in [1.165, 1.54) is 0 Å². The Hall–Kier alpha value is -1.93. The van der Waals surface area contributed by atoms with E-state index in [9.17, 15) is 9.59 Å². The van der Waals surface area contributed by atoms with Gasteiger partial charge in [-0.05, 0) is 25.3 Å². The fourth-order valence-corrected chi connectivity index (χ4v) is 2.96. The second-order valence-corrected chi connectivity index (χ2v) is 6.86. The van der Waals surface area contributed by atoms with Crippen molar-refractivity contribution in [2.75, 3.05) is 31.5 Å². The van der Waals surface area contributed by atoms with Gasteiger partial charge in [0.1, 0.15) is 5.82 Å². The molecule has 4 N–H and O–H groups in total. The normalized spacial score (nSPS) is 17.5. The van der Waals surface area contributed by atoms with Crippen LogP contribution in [0.3, 0.4) is 0 Å². The average molecular weight is 350 g/mol. The van der Waals surface area contributed by atoms with Gasteiger partial charge < -0.3 is 21.3 Å². The molecule has 1 aliphatic rings. The number of carbonyl (C=O) groups is 2. The molecule has 1 saturated heterocycles. The molecule has 0 radical (unpaired) electrons. The molecule has 1 aliphatic heterocycles. The zero-order chi connectivity index (χ0) is 18.4. The van der Waals surface area contributed by atoms with E-state index in [4.69, 9.17) is 5.73 Å². The van der Waals surface area contributed by atoms with Gasteiger partial charge in [0.15, 0.2) is 0 Å². The number of nitrogens with two attached hydrogens (primary N) is 1. The molecule has 0 bridgehead atoms. The van der Waals surface area contributed by atoms with E-state index in [1.807, 2.05) is 18.5 Å². The molecule has 0 spiro atoms. The van der Waals surface area contributed by atoms with Crippen molar-refractivity contribution < 1.29 is 9.59 Å². The molecular formula is C17H30N6O2. The molecule has 0 unspecified atom stereocenters. The molecule has 8 heteroatoms. The van der Waals surface area contributed by atoms with Crippen molar-refractivity contribution in [2.45, 2.75) is 45.7 Å². The first-order valence-electron chi connectivity index (χ1n) is 9.01. The maximum atomic E-state index is 12.1. The number of piperidine rings is 1. The molecule has 0 saturated carbocycles. The van der Waals surface area contributed by atoms with Gasteiger partial charge in [0, 0.05) is 19.2 Å². The minimum absolute atomic E-state index is 0.0264. The topological polar surface area (TPSA) is 105 Å². The minimum atomic E-state index is -0.609. The van der Waals surface area contributed by atoms with E-state index in [0.717, 1.165) is 32.5 Å². The Morgan fingerprint density at radius 1 is 1.36 bits per heavy atom. The van der Waals surface area contributed by atoms with Crippen LogP contribution in [0.2, 0.25) is 0 Å². The molecule has 0 aromatic carbocycles. The number of nitrogens with zero attached hydrogens (tertiary/aromatic N) is 3. The summed E-state index contributed by atoms with van der Waals surface area (Å²) in [4.78, 5) is 26.4. The van der Waals surface area contributed by atoms with Crippen LogP contribution in [-0.4, -0.2) is 58.7 Å². The third-order valence-corrected chi connectivity index (χ3v) is 4.73. The summed E-state index contributed by atoms with van der Waals surface area (Å²) in [7, 11) is 0. The van der Waals surface area contributed by atoms with Crippen LogP contribution >= 0.6 is 0 Å². The molecule has 25 heavy (non-hydrogen) atoms. The van der Waals surface area contributed by atoms with E-state index in [2.05, 4.69) is 27.6 Å². The highest BCUT2D eigenvalue weighted by molar-refractivity contribution is 5.94. The summed E-state index contributed by atoms with van der Waals surface area (Å²) in [6.45, 7) is 8.94. The first kappa shape index (κ1) is 19.4. The average Bonchev–Trinajstić information content (AvgIpc) is 3.06. The van der Waals surface area contributed by atoms with E-state index in [-0.39, 0.29) is 30.3 Å². The molecule has 140 valence electrons. The lowest BCUT2D eigenvalue weighted by Gasteiger charge is -2.31. The van der Waals surface area contributed by atoms with Gasteiger partial charge in [0.2, 0.25) is 11.8 Å². The van der Waals surface area contributed by atoms with Crippen molar-refractivity contribution >= 4 is 17.6 Å². The van der Waals surface area contributed by atoms with Crippen LogP contribution in [-0.2, 0) is 9.59 Å². The molecule has 1 aromatic heterocycles. The minimum Gasteiger partial charge on any atom is -0.346 e. The smallest absolute Gasteiger partial charge is 0.244 e. The van der Waals surface area contributed by atoms with Crippen LogP contribution in [0.15, 0.2) is 12.3 Å². The highest BCUT2D eigenvalue weighted by Crippen LogP contribution is 2.25. The molecule has 2 amide bonds. The first-order valence-corrected chi connectivity index (χ1v) is 9.01. The summed E-state index contributed by atoms with van der Waals surface area (Å²) >= 11 is 0. The maximum Gasteiger partial charge on any atom is 0.244 e. The molecular weight excluding hydrogens is 320 g/mol. The van der Waals surface area contributed by atoms with Gasteiger partial charge in [-0.3, -0.25) is 9.59 Å². The van der Waals surface area contributed by atoms with Crippen molar-refractivity contribution in [3.8, 4) is 0 Å². The van der Waals surface area contributed by atoms with E-state index < -0.39 is 6.04 Å². The molecule has 1 fully saturated rings. The van der Waals surface area contributed by atoms with Crippen LogP contribution < -0.4 is 16.4 Å². The molecule has 2 heterocycles. The van der Waals surface area contributed by atoms with Gasteiger partial charge in [-0.1, -0.05) is 20.8 Å². The number of aromatic nitrogens is 2. The lowest BCUT2D eigenvalue weighted by Crippen LogP contribution is -2.46. The van der Waals surface area contributed by atoms with E-state index in [1.54, 1.807) is 12.3 Å². The van der Waals surface area contributed by atoms with Crippen molar-refractivity contribution in [3.63, 3.8) is 0 Å². The van der Waals surface area contributed by atoms with E-state index in [0.29, 0.717) is 5.82 Å². The number of nitrogens with one attached hydrogen (secondary N) is 2. The fourth-order valence-electron chi connectivity index (χ4n) is 2.96. The Labute approximate surface area is 149 Å². The Morgan fingerprint density at radius 3 is 2.64 bits per heavy atom. The zero-order valence-corrected chi connectivity index (χ0v) is 15.4. The van der Waals surface area contributed by atoms with Crippen molar-refractivity contribution in [1.82, 2.24) is 20.0 Å². The van der Waals surface area contributed by atoms with Gasteiger partial charge in [-0.2, -0.15) is 5.10 Å². The van der Waals surface area contributed by atoms with Crippen molar-refractivity contribution in [1.29, 1.82) is 0 Å². The maximum absolute atomic E-state index is 12.1. The predicted molar refractivity (Wildman–Crippen MR) is 97.1 cm³/mol. The largest absolute Gasteiger partial charge is 0.346 e. The Kier molecular flexibility index (Phi) is 6.95. The number of anilines is 1. The summed E-state index contributed by atoms with van der Waals surface area (Å²) < 4.78 is 1.88. The zero-order valence-electron chi connectivity index (χ0n) is 15.4. The molecule has 8 nitrogen and oxygen atoms in total. The summed E-state index contributed by atoms with van der Waals surface area (Å²) in [5.41, 5.74) is 5.76. The number of likely N-dealkylation sites (tertiary alicyclic amines) is 1. The third kappa shape index (κ3) is 5.27. The molecule has 2 rings (SSSR count). The SMILES string of the molecule is CCN1CCC(n2nccc2NC(=O)CNC(=O)[C@@H](N)C(C)C)CC1. The molecule has 1 atom stereocenters. The van der Waals surface area contributed by atoms with Crippen LogP contribution in [0.4, 0.5) is 5.82 Å². The van der Waals surface area contributed by atoms with Crippen LogP contribution in [0.5, 0.6) is 0 Å². The Bertz CT molecular complexity index is 577. The quantitative estimate of drug-likeness (QED) is 0.667. The third-order valence-electron chi connectivity index (χ3n) is 4.73. The van der Waals surface area contributed by atoms with Crippen LogP contribution in [0, 0.1) is 5.92 Å². The van der Waals surface area contributed by atoms with Crippen molar-refractivity contribution in [2.24, 2.45) is 11.7 Å². The summed E-state index contributed by atoms with van der Waals surface area (Å²) in [6.07, 6.45) is 3.71. The van der Waals surface area contributed by atoms with Crippen LogP contribution in [0.25, 0.3) is 0 Å². The van der Waals surface area contributed by atoms with E-state index >= 15 is 0 Å². The number of rotatable bonds is 7. The Balaban J connectivity index is 1.86. The van der Waals surface area contributed by atoms with Gasteiger partial charge in [-0.15, -0.1) is 0 Å². The van der Waals surface area contributed by atoms with Gasteiger partial charge >= 0.3 is 0 Å². The first-order chi connectivity index (χ1) is 11.9. The highest BCUT2D eigenvalue weighted by Gasteiger charge is 2.23. The Morgan fingerprint density at radius 2 is 2.04 bits per heavy atom. The second kappa shape index (κ2) is 8.96. The summed E-state index contributed by atoms with van der Waals surface area (Å²) in [5, 5.41) is 9.77. The number of carbonyl (C=O) groups excluding carboxylic acids is 2. The summed E-state index contributed by atoms with van der Waals surface area (Å²) in [6, 6.07) is 1.46.